The van der Waals surface area contributed by atoms with Crippen molar-refractivity contribution in [2.24, 2.45) is 5.73 Å². The lowest BCUT2D eigenvalue weighted by Gasteiger charge is -2.10. The van der Waals surface area contributed by atoms with Gasteiger partial charge < -0.3 is 10.8 Å². The fourth-order valence-electron chi connectivity index (χ4n) is 1.68. The lowest BCUT2D eigenvalue weighted by molar-refractivity contribution is 0.176. The van der Waals surface area contributed by atoms with E-state index in [1.54, 1.807) is 6.92 Å². The highest BCUT2D eigenvalue weighted by atomic mass is 19.1. The van der Waals surface area contributed by atoms with E-state index < -0.39 is 17.7 Å². The molecule has 1 unspecified atom stereocenters. The Hall–Kier alpha value is -1.92. The number of halogens is 2. The van der Waals surface area contributed by atoms with Gasteiger partial charge in [0.2, 0.25) is 0 Å². The molecule has 6 heteroatoms. The Morgan fingerprint density at radius 2 is 2.00 bits per heavy atom. The summed E-state index contributed by atoms with van der Waals surface area (Å²) in [5.41, 5.74) is 6.11. The summed E-state index contributed by atoms with van der Waals surface area (Å²) >= 11 is 0. The number of aliphatic hydroxyl groups excluding tert-OH is 1. The van der Waals surface area contributed by atoms with Gasteiger partial charge in [0, 0.05) is 17.8 Å². The summed E-state index contributed by atoms with van der Waals surface area (Å²) in [5, 5.41) is 9.63. The number of nitrogens with two attached hydrogens (primary N) is 1. The molecule has 0 radical (unpaired) electrons. The summed E-state index contributed by atoms with van der Waals surface area (Å²) < 4.78 is 26.9. The van der Waals surface area contributed by atoms with Gasteiger partial charge in [-0.2, -0.15) is 0 Å². The quantitative estimate of drug-likeness (QED) is 0.886. The molecule has 4 nitrogen and oxygen atoms in total. The van der Waals surface area contributed by atoms with Crippen LogP contribution in [0.5, 0.6) is 0 Å². The smallest absolute Gasteiger partial charge is 0.159 e. The molecule has 0 saturated carbocycles. The highest BCUT2D eigenvalue weighted by Gasteiger charge is 2.14. The van der Waals surface area contributed by atoms with E-state index in [-0.39, 0.29) is 23.6 Å². The first-order chi connectivity index (χ1) is 9.01. The van der Waals surface area contributed by atoms with Crippen LogP contribution in [-0.2, 0) is 0 Å². The van der Waals surface area contributed by atoms with Gasteiger partial charge in [-0.25, -0.2) is 18.7 Å². The number of nitrogens with zero attached hydrogens (tertiary/aromatic N) is 2. The molecule has 2 rings (SSSR count). The maximum Gasteiger partial charge on any atom is 0.159 e. The maximum atomic E-state index is 13.7. The summed E-state index contributed by atoms with van der Waals surface area (Å²) in [4.78, 5) is 8.05. The minimum absolute atomic E-state index is 0.0240. The Balaban J connectivity index is 2.56. The molecule has 1 aromatic heterocycles. The van der Waals surface area contributed by atoms with Crippen LogP contribution in [-0.4, -0.2) is 21.6 Å². The normalized spacial score (nSPS) is 12.5. The van der Waals surface area contributed by atoms with Gasteiger partial charge >= 0.3 is 0 Å². The zero-order chi connectivity index (χ0) is 14.0. The van der Waals surface area contributed by atoms with Gasteiger partial charge in [-0.1, -0.05) is 0 Å². The van der Waals surface area contributed by atoms with E-state index in [1.807, 2.05) is 0 Å². The van der Waals surface area contributed by atoms with E-state index in [0.29, 0.717) is 5.69 Å². The second kappa shape index (κ2) is 5.38. The van der Waals surface area contributed by atoms with Crippen LogP contribution in [0, 0.1) is 18.6 Å². The predicted octanol–water partition coefficient (Wildman–Crippen LogP) is 1.72. The predicted molar refractivity (Wildman–Crippen MR) is 66.1 cm³/mol. The van der Waals surface area contributed by atoms with Gasteiger partial charge in [0.15, 0.2) is 5.82 Å². The Labute approximate surface area is 108 Å². The van der Waals surface area contributed by atoms with E-state index >= 15 is 0 Å². The molecule has 1 aromatic carbocycles. The molecule has 0 bridgehead atoms. The average molecular weight is 265 g/mol. The van der Waals surface area contributed by atoms with Gasteiger partial charge in [0.25, 0.3) is 0 Å². The number of hydrogen-bond acceptors (Lipinski definition) is 4. The molecule has 0 aliphatic heterocycles. The molecule has 0 saturated heterocycles. The molecule has 100 valence electrons. The summed E-state index contributed by atoms with van der Waals surface area (Å²) in [5.74, 6) is -1.05. The Bertz CT molecular complexity index is 604. The third-order valence-corrected chi connectivity index (χ3v) is 2.60. The Morgan fingerprint density at radius 3 is 2.68 bits per heavy atom. The van der Waals surface area contributed by atoms with Crippen molar-refractivity contribution in [1.82, 2.24) is 9.97 Å². The van der Waals surface area contributed by atoms with Crippen molar-refractivity contribution < 1.29 is 13.9 Å². The number of hydrogen-bond donors (Lipinski definition) is 2. The van der Waals surface area contributed by atoms with Crippen LogP contribution in [0.25, 0.3) is 11.3 Å². The maximum absolute atomic E-state index is 13.7. The first-order valence-corrected chi connectivity index (χ1v) is 5.70. The second-order valence-electron chi connectivity index (χ2n) is 4.13. The van der Waals surface area contributed by atoms with Gasteiger partial charge in [0.05, 0.1) is 5.69 Å². The van der Waals surface area contributed by atoms with Gasteiger partial charge in [-0.15, -0.1) is 0 Å². The van der Waals surface area contributed by atoms with Crippen molar-refractivity contribution in [3.63, 3.8) is 0 Å². The van der Waals surface area contributed by atoms with Crippen molar-refractivity contribution in [1.29, 1.82) is 0 Å². The minimum Gasteiger partial charge on any atom is -0.384 e. The number of aryl methyl sites for hydroxylation is 1. The van der Waals surface area contributed by atoms with E-state index in [1.165, 1.54) is 6.07 Å². The Morgan fingerprint density at radius 1 is 1.26 bits per heavy atom. The molecule has 0 aliphatic rings. The topological polar surface area (TPSA) is 72.0 Å². The molecular weight excluding hydrogens is 252 g/mol. The van der Waals surface area contributed by atoms with Gasteiger partial charge in [0.1, 0.15) is 17.7 Å². The summed E-state index contributed by atoms with van der Waals surface area (Å²) in [7, 11) is 0. The number of aliphatic hydroxyl groups is 1. The number of rotatable bonds is 3. The van der Waals surface area contributed by atoms with Crippen molar-refractivity contribution >= 4 is 0 Å². The summed E-state index contributed by atoms with van der Waals surface area (Å²) in [6.07, 6.45) is -1.03. The molecule has 0 aliphatic carbocycles. The van der Waals surface area contributed by atoms with Crippen LogP contribution in [0.15, 0.2) is 24.3 Å². The standard InChI is InChI=1S/C13H13F2N3O/c1-7-4-11(18-13(17-7)12(19)6-16)9-5-8(14)2-3-10(9)15/h2-5,12,19H,6,16H2,1H3. The molecule has 0 spiro atoms. The minimum atomic E-state index is -1.03. The average Bonchev–Trinajstić information content (AvgIpc) is 2.39. The highest BCUT2D eigenvalue weighted by Crippen LogP contribution is 2.23. The molecule has 1 heterocycles. The molecule has 1 atom stereocenters. The van der Waals surface area contributed by atoms with E-state index in [0.717, 1.165) is 18.2 Å². The van der Waals surface area contributed by atoms with Crippen LogP contribution >= 0.6 is 0 Å². The van der Waals surface area contributed by atoms with Crippen molar-refractivity contribution in [2.75, 3.05) is 6.54 Å². The fourth-order valence-corrected chi connectivity index (χ4v) is 1.68. The van der Waals surface area contributed by atoms with Gasteiger partial charge in [-0.3, -0.25) is 0 Å². The van der Waals surface area contributed by atoms with Crippen molar-refractivity contribution in [3.8, 4) is 11.3 Å². The van der Waals surface area contributed by atoms with Crippen LogP contribution in [0.4, 0.5) is 8.78 Å². The summed E-state index contributed by atoms with van der Waals surface area (Å²) in [6.45, 7) is 1.63. The second-order valence-corrected chi connectivity index (χ2v) is 4.13. The van der Waals surface area contributed by atoms with Crippen LogP contribution in [0.2, 0.25) is 0 Å². The third kappa shape index (κ3) is 2.91. The largest absolute Gasteiger partial charge is 0.384 e. The van der Waals surface area contributed by atoms with Crippen LogP contribution in [0.3, 0.4) is 0 Å². The molecule has 2 aromatic rings. The molecule has 0 fully saturated rings. The van der Waals surface area contributed by atoms with E-state index in [4.69, 9.17) is 5.73 Å². The SMILES string of the molecule is Cc1cc(-c2cc(F)ccc2F)nc(C(O)CN)n1. The number of benzene rings is 1. The third-order valence-electron chi connectivity index (χ3n) is 2.60. The molecule has 19 heavy (non-hydrogen) atoms. The van der Waals surface area contributed by atoms with E-state index in [2.05, 4.69) is 9.97 Å². The Kier molecular flexibility index (Phi) is 3.82. The zero-order valence-electron chi connectivity index (χ0n) is 10.3. The lowest BCUT2D eigenvalue weighted by atomic mass is 10.1. The first-order valence-electron chi connectivity index (χ1n) is 5.70. The van der Waals surface area contributed by atoms with Crippen LogP contribution in [0.1, 0.15) is 17.6 Å². The molecule has 0 amide bonds. The lowest BCUT2D eigenvalue weighted by Crippen LogP contribution is -2.15. The van der Waals surface area contributed by atoms with E-state index in [9.17, 15) is 13.9 Å². The summed E-state index contributed by atoms with van der Waals surface area (Å²) in [6, 6.07) is 4.63. The van der Waals surface area contributed by atoms with Crippen molar-refractivity contribution in [3.05, 3.63) is 47.4 Å². The monoisotopic (exact) mass is 265 g/mol. The first kappa shape index (κ1) is 13.5. The zero-order valence-corrected chi connectivity index (χ0v) is 10.3. The molecular formula is C13H13F2N3O. The van der Waals surface area contributed by atoms with Crippen molar-refractivity contribution in [2.45, 2.75) is 13.0 Å². The fraction of sp³-hybridized carbons (Fsp3) is 0.231. The number of aromatic nitrogens is 2. The highest BCUT2D eigenvalue weighted by molar-refractivity contribution is 5.60. The van der Waals surface area contributed by atoms with Crippen LogP contribution < -0.4 is 5.73 Å². The van der Waals surface area contributed by atoms with Gasteiger partial charge in [-0.05, 0) is 31.2 Å². The molecule has 3 N–H and O–H groups in total.